The first-order valence-electron chi connectivity index (χ1n) is 10.2. The smallest absolute Gasteiger partial charge is 0.417 e. The molecule has 34 heavy (non-hydrogen) atoms. The lowest BCUT2D eigenvalue weighted by atomic mass is 10.1. The van der Waals surface area contributed by atoms with E-state index in [-0.39, 0.29) is 43.4 Å². The number of pyridine rings is 1. The monoisotopic (exact) mass is 484 g/mol. The largest absolute Gasteiger partial charge is 0.493 e. The van der Waals surface area contributed by atoms with E-state index in [0.717, 1.165) is 18.3 Å². The molecule has 1 fully saturated rings. The van der Waals surface area contributed by atoms with Crippen molar-refractivity contribution >= 4 is 17.4 Å². The third-order valence-corrected chi connectivity index (χ3v) is 5.22. The minimum atomic E-state index is -4.48. The van der Waals surface area contributed by atoms with Crippen molar-refractivity contribution in [3.8, 4) is 11.5 Å². The van der Waals surface area contributed by atoms with Crippen LogP contribution in [0.3, 0.4) is 0 Å². The van der Waals surface area contributed by atoms with Crippen molar-refractivity contribution in [3.63, 3.8) is 0 Å². The molecular weight excluding hydrogens is 461 g/mol. The van der Waals surface area contributed by atoms with Gasteiger partial charge in [-0.25, -0.2) is 4.98 Å². The van der Waals surface area contributed by atoms with Crippen LogP contribution in [0.4, 0.5) is 24.7 Å². The first kappa shape index (κ1) is 25.0. The molecule has 0 radical (unpaired) electrons. The van der Waals surface area contributed by atoms with Gasteiger partial charge in [0.05, 0.1) is 30.3 Å². The number of carbonyl (C=O) groups is 1. The summed E-state index contributed by atoms with van der Waals surface area (Å²) in [5, 5.41) is 11.6. The van der Waals surface area contributed by atoms with Crippen molar-refractivity contribution in [2.45, 2.75) is 6.18 Å². The van der Waals surface area contributed by atoms with Crippen LogP contribution in [0.15, 0.2) is 30.5 Å². The highest BCUT2D eigenvalue weighted by molar-refractivity contribution is 5.99. The van der Waals surface area contributed by atoms with Gasteiger partial charge in [0.15, 0.2) is 11.5 Å². The van der Waals surface area contributed by atoms with Gasteiger partial charge in [-0.05, 0) is 12.1 Å². The van der Waals surface area contributed by atoms with E-state index < -0.39 is 28.3 Å². The lowest BCUT2D eigenvalue weighted by Crippen LogP contribution is -2.49. The van der Waals surface area contributed by atoms with E-state index in [0.29, 0.717) is 18.9 Å². The van der Waals surface area contributed by atoms with E-state index in [9.17, 15) is 28.1 Å². The van der Waals surface area contributed by atoms with Gasteiger partial charge >= 0.3 is 6.18 Å². The average Bonchev–Trinajstić information content (AvgIpc) is 2.83. The summed E-state index contributed by atoms with van der Waals surface area (Å²) in [6.45, 7) is 1.40. The Morgan fingerprint density at radius 2 is 1.82 bits per heavy atom. The maximum atomic E-state index is 13.1. The quantitative estimate of drug-likeness (QED) is 0.320. The summed E-state index contributed by atoms with van der Waals surface area (Å²) >= 11 is 0. The number of anilines is 1. The molecule has 0 bridgehead atoms. The van der Waals surface area contributed by atoms with Crippen LogP contribution in [0.5, 0.6) is 11.5 Å². The van der Waals surface area contributed by atoms with E-state index in [1.807, 2.05) is 0 Å². The molecule has 2 heterocycles. The maximum Gasteiger partial charge on any atom is 0.417 e. The average molecular weight is 484 g/mol. The van der Waals surface area contributed by atoms with Gasteiger partial charge in [0.1, 0.15) is 18.0 Å². The van der Waals surface area contributed by atoms with Crippen molar-refractivity contribution in [3.05, 3.63) is 51.7 Å². The molecule has 3 rings (SSSR count). The number of hydrogen-bond donors (Lipinski definition) is 0. The molecule has 13 heteroatoms. The predicted octanol–water partition coefficient (Wildman–Crippen LogP) is 3.00. The van der Waals surface area contributed by atoms with Gasteiger partial charge < -0.3 is 24.0 Å². The first-order chi connectivity index (χ1) is 16.2. The second-order valence-corrected chi connectivity index (χ2v) is 7.30. The molecule has 1 aromatic carbocycles. The van der Waals surface area contributed by atoms with Gasteiger partial charge in [0, 0.05) is 45.6 Å². The van der Waals surface area contributed by atoms with Gasteiger partial charge in [0.2, 0.25) is 0 Å². The van der Waals surface area contributed by atoms with E-state index in [2.05, 4.69) is 4.98 Å². The fourth-order valence-electron chi connectivity index (χ4n) is 3.43. The lowest BCUT2D eigenvalue weighted by Gasteiger charge is -2.35. The molecule has 0 aliphatic carbocycles. The number of piperazine rings is 1. The molecule has 0 unspecified atom stereocenters. The summed E-state index contributed by atoms with van der Waals surface area (Å²) < 4.78 is 53.8. The zero-order chi connectivity index (χ0) is 24.9. The molecular formula is C21H23F3N4O6. The summed E-state index contributed by atoms with van der Waals surface area (Å²) in [5.41, 5.74) is -1.42. The van der Waals surface area contributed by atoms with Crippen LogP contribution in [0, 0.1) is 10.1 Å². The SMILES string of the molecule is COCCOc1cc([N+](=O)[O-])c(C(=O)N2CCN(c3ccc(C(F)(F)F)cn3)CC2)cc1OC. The minimum absolute atomic E-state index is 0.112. The highest BCUT2D eigenvalue weighted by Crippen LogP contribution is 2.36. The molecule has 1 aliphatic rings. The number of halogens is 3. The van der Waals surface area contributed by atoms with E-state index in [1.165, 1.54) is 31.3 Å². The van der Waals surface area contributed by atoms with Crippen LogP contribution in [-0.4, -0.2) is 74.3 Å². The highest BCUT2D eigenvalue weighted by atomic mass is 19.4. The molecule has 1 amide bonds. The van der Waals surface area contributed by atoms with Crippen LogP contribution in [0.2, 0.25) is 0 Å². The van der Waals surface area contributed by atoms with Crippen LogP contribution in [0.25, 0.3) is 0 Å². The molecule has 0 N–H and O–H groups in total. The number of methoxy groups -OCH3 is 2. The number of alkyl halides is 3. The topological polar surface area (TPSA) is 107 Å². The summed E-state index contributed by atoms with van der Waals surface area (Å²) in [6, 6.07) is 4.64. The van der Waals surface area contributed by atoms with Gasteiger partial charge in [-0.1, -0.05) is 0 Å². The molecule has 0 spiro atoms. The number of nitro groups is 1. The number of nitrogens with zero attached hydrogens (tertiary/aromatic N) is 4. The fraction of sp³-hybridized carbons (Fsp3) is 0.429. The van der Waals surface area contributed by atoms with E-state index >= 15 is 0 Å². The summed E-state index contributed by atoms with van der Waals surface area (Å²) in [6.07, 6.45) is -3.71. The number of benzene rings is 1. The van der Waals surface area contributed by atoms with Crippen LogP contribution < -0.4 is 14.4 Å². The van der Waals surface area contributed by atoms with Crippen LogP contribution in [0.1, 0.15) is 15.9 Å². The maximum absolute atomic E-state index is 13.1. The van der Waals surface area contributed by atoms with Crippen LogP contribution >= 0.6 is 0 Å². The number of ether oxygens (including phenoxy) is 3. The van der Waals surface area contributed by atoms with Gasteiger partial charge in [0.25, 0.3) is 11.6 Å². The Morgan fingerprint density at radius 1 is 1.12 bits per heavy atom. The standard InChI is InChI=1S/C21H23F3N4O6/c1-32-9-10-34-18-12-16(28(30)31)15(11-17(18)33-2)20(29)27-7-5-26(6-8-27)19-4-3-14(13-25-19)21(22,23)24/h3-4,11-13H,5-10H2,1-2H3. The number of rotatable bonds is 8. The van der Waals surface area contributed by atoms with Crippen molar-refractivity contribution < 1.29 is 37.1 Å². The summed E-state index contributed by atoms with van der Waals surface area (Å²) in [5.74, 6) is 0.0671. The molecule has 1 aromatic heterocycles. The first-order valence-corrected chi connectivity index (χ1v) is 10.2. The highest BCUT2D eigenvalue weighted by Gasteiger charge is 2.32. The Balaban J connectivity index is 1.74. The third kappa shape index (κ3) is 5.65. The van der Waals surface area contributed by atoms with Crippen molar-refractivity contribution in [2.24, 2.45) is 0 Å². The molecule has 1 aliphatic heterocycles. The zero-order valence-electron chi connectivity index (χ0n) is 18.5. The van der Waals surface area contributed by atoms with Gasteiger partial charge in [-0.2, -0.15) is 13.2 Å². The Labute approximate surface area is 193 Å². The number of nitro benzene ring substituents is 1. The van der Waals surface area contributed by atoms with Crippen molar-refractivity contribution in [1.29, 1.82) is 0 Å². The number of aromatic nitrogens is 1. The Hall–Kier alpha value is -3.61. The summed E-state index contributed by atoms with van der Waals surface area (Å²) in [7, 11) is 2.84. The Morgan fingerprint density at radius 3 is 2.35 bits per heavy atom. The normalized spacial score (nSPS) is 14.1. The third-order valence-electron chi connectivity index (χ3n) is 5.22. The van der Waals surface area contributed by atoms with Gasteiger partial charge in [-0.15, -0.1) is 0 Å². The number of hydrogen-bond acceptors (Lipinski definition) is 8. The zero-order valence-corrected chi connectivity index (χ0v) is 18.5. The van der Waals surface area contributed by atoms with E-state index in [1.54, 1.807) is 4.90 Å². The second kappa shape index (κ2) is 10.5. The molecule has 1 saturated heterocycles. The molecule has 10 nitrogen and oxygen atoms in total. The fourth-order valence-corrected chi connectivity index (χ4v) is 3.43. The van der Waals surface area contributed by atoms with Crippen molar-refractivity contribution in [1.82, 2.24) is 9.88 Å². The number of amides is 1. The minimum Gasteiger partial charge on any atom is -0.493 e. The number of carbonyl (C=O) groups excluding carboxylic acids is 1. The van der Waals surface area contributed by atoms with Crippen LogP contribution in [-0.2, 0) is 10.9 Å². The van der Waals surface area contributed by atoms with Crippen molar-refractivity contribution in [2.75, 3.05) is 58.5 Å². The van der Waals surface area contributed by atoms with Gasteiger partial charge in [-0.3, -0.25) is 14.9 Å². The predicted molar refractivity (Wildman–Crippen MR) is 114 cm³/mol. The van der Waals surface area contributed by atoms with E-state index in [4.69, 9.17) is 14.2 Å². The Bertz CT molecular complexity index is 1020. The molecule has 0 saturated carbocycles. The molecule has 0 atom stereocenters. The second-order valence-electron chi connectivity index (χ2n) is 7.30. The Kier molecular flexibility index (Phi) is 7.76. The summed E-state index contributed by atoms with van der Waals surface area (Å²) in [4.78, 5) is 31.1. The lowest BCUT2D eigenvalue weighted by molar-refractivity contribution is -0.385. The molecule has 184 valence electrons. The molecule has 2 aromatic rings.